The maximum Gasteiger partial charge on any atom is 0.303 e. The zero-order chi connectivity index (χ0) is 20.4. The summed E-state index contributed by atoms with van der Waals surface area (Å²) in [4.78, 5) is 3.89. The number of rotatable bonds is 6. The lowest BCUT2D eigenvalue weighted by Gasteiger charge is -2.29. The average molecular weight is 435 g/mol. The van der Waals surface area contributed by atoms with Gasteiger partial charge in [-0.2, -0.15) is 17.1 Å². The third-order valence-corrected chi connectivity index (χ3v) is 7.02. The molecule has 2 heterocycles. The highest BCUT2D eigenvalue weighted by Gasteiger charge is 2.29. The quantitative estimate of drug-likeness (QED) is 0.643. The normalized spacial score (nSPS) is 14.4. The monoisotopic (exact) mass is 434 g/mol. The molecule has 1 aromatic heterocycles. The minimum Gasteiger partial charge on any atom is -0.496 e. The Kier molecular flexibility index (Phi) is 5.48. The van der Waals surface area contributed by atoms with Gasteiger partial charge in [0.25, 0.3) is 0 Å². The number of nitrogens with one attached hydrogen (secondary N) is 1. The maximum absolute atomic E-state index is 13.0. The van der Waals surface area contributed by atoms with Gasteiger partial charge in [-0.15, -0.1) is 0 Å². The summed E-state index contributed by atoms with van der Waals surface area (Å²) in [6.45, 7) is 0.00299. The minimum atomic E-state index is -3.76. The molecule has 0 radical (unpaired) electrons. The number of aromatic nitrogens is 2. The van der Waals surface area contributed by atoms with Gasteiger partial charge in [-0.05, 0) is 34.7 Å². The number of alkyl halides is 1. The van der Waals surface area contributed by atoms with Crippen molar-refractivity contribution in [1.29, 1.82) is 0 Å². The summed E-state index contributed by atoms with van der Waals surface area (Å²) >= 11 is 0.983. The van der Waals surface area contributed by atoms with E-state index in [2.05, 4.69) is 14.1 Å². The molecule has 10 heteroatoms. The van der Waals surface area contributed by atoms with Crippen LogP contribution in [0.4, 0.5) is 9.52 Å². The molecule has 152 valence electrons. The Morgan fingerprint density at radius 1 is 1.28 bits per heavy atom. The van der Waals surface area contributed by atoms with Crippen LogP contribution in [-0.2, 0) is 29.8 Å². The number of halogens is 1. The molecular formula is C19H19FN4O3S2. The van der Waals surface area contributed by atoms with Gasteiger partial charge < -0.3 is 4.74 Å². The van der Waals surface area contributed by atoms with Crippen molar-refractivity contribution in [1.82, 2.24) is 13.7 Å². The van der Waals surface area contributed by atoms with Crippen molar-refractivity contribution in [2.45, 2.75) is 19.6 Å². The van der Waals surface area contributed by atoms with Crippen LogP contribution in [-0.4, -0.2) is 35.7 Å². The Hall–Kier alpha value is -2.56. The Labute approximate surface area is 172 Å². The van der Waals surface area contributed by atoms with E-state index in [-0.39, 0.29) is 11.7 Å². The molecule has 0 bridgehead atoms. The van der Waals surface area contributed by atoms with E-state index in [1.807, 2.05) is 24.3 Å². The minimum absolute atomic E-state index is 0.216. The smallest absolute Gasteiger partial charge is 0.303 e. The van der Waals surface area contributed by atoms with Gasteiger partial charge in [0, 0.05) is 30.2 Å². The van der Waals surface area contributed by atoms with Gasteiger partial charge in [-0.25, -0.2) is 14.1 Å². The molecule has 0 atom stereocenters. The Bertz CT molecular complexity index is 1120. The van der Waals surface area contributed by atoms with Gasteiger partial charge in [-0.1, -0.05) is 30.3 Å². The molecule has 1 aliphatic rings. The second kappa shape index (κ2) is 8.05. The van der Waals surface area contributed by atoms with Gasteiger partial charge in [0.1, 0.15) is 18.8 Å². The van der Waals surface area contributed by atoms with Crippen molar-refractivity contribution in [3.05, 3.63) is 59.4 Å². The first-order chi connectivity index (χ1) is 14.0. The van der Waals surface area contributed by atoms with Crippen LogP contribution in [0.3, 0.4) is 0 Å². The average Bonchev–Trinajstić information content (AvgIpc) is 3.24. The number of hydrogen-bond acceptors (Lipinski definition) is 6. The Morgan fingerprint density at radius 2 is 2.14 bits per heavy atom. The van der Waals surface area contributed by atoms with E-state index in [0.717, 1.165) is 33.8 Å². The molecular weight excluding hydrogens is 415 g/mol. The van der Waals surface area contributed by atoms with Crippen LogP contribution in [0, 0.1) is 0 Å². The number of fused-ring (bicyclic) bond motifs is 1. The molecule has 0 fully saturated rings. The van der Waals surface area contributed by atoms with Crippen molar-refractivity contribution in [2.24, 2.45) is 0 Å². The molecule has 3 aromatic rings. The van der Waals surface area contributed by atoms with Gasteiger partial charge in [-0.3, -0.25) is 0 Å². The molecule has 1 aliphatic heterocycles. The highest BCUT2D eigenvalue weighted by Crippen LogP contribution is 2.37. The lowest BCUT2D eigenvalue weighted by Crippen LogP contribution is -2.39. The zero-order valence-corrected chi connectivity index (χ0v) is 17.3. The molecule has 0 saturated heterocycles. The summed E-state index contributed by atoms with van der Waals surface area (Å²) in [7, 11) is -2.22. The van der Waals surface area contributed by atoms with Crippen molar-refractivity contribution < 1.29 is 17.5 Å². The third-order valence-electron chi connectivity index (χ3n) is 4.87. The molecule has 0 amide bonds. The molecule has 2 aromatic carbocycles. The van der Waals surface area contributed by atoms with Crippen molar-refractivity contribution >= 4 is 26.9 Å². The Balaban J connectivity index is 1.70. The molecule has 0 unspecified atom stereocenters. The van der Waals surface area contributed by atoms with Crippen LogP contribution in [0.5, 0.6) is 5.75 Å². The second-order valence-corrected chi connectivity index (χ2v) is 9.00. The van der Waals surface area contributed by atoms with E-state index in [1.54, 1.807) is 19.2 Å². The summed E-state index contributed by atoms with van der Waals surface area (Å²) in [6.07, 6.45) is 1.89. The molecule has 4 rings (SSSR count). The van der Waals surface area contributed by atoms with Gasteiger partial charge in [0.2, 0.25) is 5.13 Å². The van der Waals surface area contributed by atoms with Crippen LogP contribution in [0.2, 0.25) is 0 Å². The highest BCUT2D eigenvalue weighted by molar-refractivity contribution is 7.90. The third kappa shape index (κ3) is 3.96. The van der Waals surface area contributed by atoms with Crippen LogP contribution in [0.25, 0.3) is 11.1 Å². The fourth-order valence-corrected chi connectivity index (χ4v) is 5.23. The first-order valence-electron chi connectivity index (χ1n) is 8.90. The number of hydrogen-bond donors (Lipinski definition) is 1. The van der Waals surface area contributed by atoms with Crippen LogP contribution >= 0.6 is 11.5 Å². The molecule has 0 aliphatic carbocycles. The first kappa shape index (κ1) is 19.7. The lowest BCUT2D eigenvalue weighted by molar-refractivity contribution is 0.394. The molecule has 29 heavy (non-hydrogen) atoms. The predicted molar refractivity (Wildman–Crippen MR) is 110 cm³/mol. The maximum atomic E-state index is 13.0. The van der Waals surface area contributed by atoms with Gasteiger partial charge in [0.05, 0.1) is 7.11 Å². The predicted octanol–water partition coefficient (Wildman–Crippen LogP) is 3.40. The fourth-order valence-electron chi connectivity index (χ4n) is 3.45. The number of nitrogens with zero attached hydrogens (tertiary/aromatic N) is 3. The van der Waals surface area contributed by atoms with E-state index in [4.69, 9.17) is 4.74 Å². The standard InChI is InChI=1S/C19H19FN4O3S2/c1-27-18-9-13(10-20)5-6-16(18)15-4-2-3-14-7-8-24(11-17(14)15)29(25,26)23-19-21-12-22-28-19/h2-6,9,12H,7-8,10-11H2,1H3,(H,21,22,23). The SMILES string of the molecule is COc1cc(CF)ccc1-c1cccc2c1CN(S(=O)(=O)Nc1ncns1)CC2. The molecule has 1 N–H and O–H groups in total. The van der Waals surface area contributed by atoms with Crippen LogP contribution in [0.1, 0.15) is 16.7 Å². The number of methoxy groups -OCH3 is 1. The largest absolute Gasteiger partial charge is 0.496 e. The van der Waals surface area contributed by atoms with Gasteiger partial charge in [0.15, 0.2) is 0 Å². The van der Waals surface area contributed by atoms with E-state index >= 15 is 0 Å². The molecule has 0 spiro atoms. The highest BCUT2D eigenvalue weighted by atomic mass is 32.2. The van der Waals surface area contributed by atoms with Crippen LogP contribution < -0.4 is 9.46 Å². The van der Waals surface area contributed by atoms with E-state index < -0.39 is 16.9 Å². The molecule has 0 saturated carbocycles. The lowest BCUT2D eigenvalue weighted by atomic mass is 9.91. The second-order valence-electron chi connectivity index (χ2n) is 6.55. The topological polar surface area (TPSA) is 84.4 Å². The van der Waals surface area contributed by atoms with Crippen molar-refractivity contribution in [3.63, 3.8) is 0 Å². The summed E-state index contributed by atoms with van der Waals surface area (Å²) < 4.78 is 51.8. The van der Waals surface area contributed by atoms with E-state index in [9.17, 15) is 12.8 Å². The summed E-state index contributed by atoms with van der Waals surface area (Å²) in [5, 5.41) is 0.229. The van der Waals surface area contributed by atoms with Crippen molar-refractivity contribution in [3.8, 4) is 16.9 Å². The summed E-state index contributed by atoms with van der Waals surface area (Å²) in [5.74, 6) is 0.556. The van der Waals surface area contributed by atoms with E-state index in [0.29, 0.717) is 24.3 Å². The van der Waals surface area contributed by atoms with E-state index in [1.165, 1.54) is 10.6 Å². The number of anilines is 1. The number of ether oxygens (including phenoxy) is 1. The summed E-state index contributed by atoms with van der Waals surface area (Å²) in [6, 6.07) is 11.1. The van der Waals surface area contributed by atoms with Crippen LogP contribution in [0.15, 0.2) is 42.7 Å². The molecule has 7 nitrogen and oxygen atoms in total. The van der Waals surface area contributed by atoms with Gasteiger partial charge >= 0.3 is 10.2 Å². The first-order valence-corrected chi connectivity index (χ1v) is 11.1. The summed E-state index contributed by atoms with van der Waals surface area (Å²) in [5.41, 5.74) is 4.20. The van der Waals surface area contributed by atoms with Crippen molar-refractivity contribution in [2.75, 3.05) is 18.4 Å². The Morgan fingerprint density at radius 3 is 2.86 bits per heavy atom. The number of benzene rings is 2. The fraction of sp³-hybridized carbons (Fsp3) is 0.263. The zero-order valence-electron chi connectivity index (χ0n) is 15.6.